The Bertz CT molecular complexity index is 482. The van der Waals surface area contributed by atoms with Crippen LogP contribution in [0.1, 0.15) is 37.8 Å². The number of alkyl halides is 3. The maximum Gasteiger partial charge on any atom is 0.416 e. The topological polar surface area (TPSA) is 29.5 Å². The molecule has 1 saturated heterocycles. The van der Waals surface area contributed by atoms with Gasteiger partial charge in [-0.15, -0.1) is 0 Å². The lowest BCUT2D eigenvalue weighted by molar-refractivity contribution is -0.144. The molecule has 0 aliphatic carbocycles. The van der Waals surface area contributed by atoms with E-state index >= 15 is 0 Å². The normalized spacial score (nSPS) is 26.5. The van der Waals surface area contributed by atoms with Crippen molar-refractivity contribution >= 4 is 0 Å². The van der Waals surface area contributed by atoms with Gasteiger partial charge in [-0.3, -0.25) is 0 Å². The highest BCUT2D eigenvalue weighted by Gasteiger charge is 2.39. The lowest BCUT2D eigenvalue weighted by Crippen LogP contribution is -2.47. The van der Waals surface area contributed by atoms with Crippen molar-refractivity contribution in [2.24, 2.45) is 0 Å². The summed E-state index contributed by atoms with van der Waals surface area (Å²) >= 11 is 0. The zero-order chi connectivity index (χ0) is 15.0. The van der Waals surface area contributed by atoms with Crippen molar-refractivity contribution in [1.82, 2.24) is 0 Å². The zero-order valence-electron chi connectivity index (χ0n) is 11.6. The predicted molar refractivity (Wildman–Crippen MR) is 69.4 cm³/mol. The van der Waals surface area contributed by atoms with Crippen molar-refractivity contribution in [3.05, 3.63) is 35.4 Å². The standard InChI is InChI=1S/C15H19F3O2/c1-13(2)10-14(19,6-7-20-13)9-11-4-3-5-12(8-11)15(16,17)18/h3-5,8,19H,6-7,9-10H2,1-2H3. The Hall–Kier alpha value is -1.07. The molecule has 0 amide bonds. The Morgan fingerprint density at radius 3 is 2.60 bits per heavy atom. The molecule has 0 radical (unpaired) electrons. The Balaban J connectivity index is 2.17. The molecule has 0 spiro atoms. The number of ether oxygens (including phenoxy) is 1. The molecule has 112 valence electrons. The van der Waals surface area contributed by atoms with Gasteiger partial charge >= 0.3 is 6.18 Å². The molecule has 1 heterocycles. The van der Waals surface area contributed by atoms with Gasteiger partial charge in [0.2, 0.25) is 0 Å². The third kappa shape index (κ3) is 3.73. The Morgan fingerprint density at radius 2 is 2.00 bits per heavy atom. The minimum Gasteiger partial charge on any atom is -0.389 e. The van der Waals surface area contributed by atoms with Crippen LogP contribution in [0.25, 0.3) is 0 Å². The van der Waals surface area contributed by atoms with E-state index < -0.39 is 22.9 Å². The van der Waals surface area contributed by atoms with Gasteiger partial charge in [0, 0.05) is 12.8 Å². The van der Waals surface area contributed by atoms with Crippen LogP contribution >= 0.6 is 0 Å². The SMILES string of the molecule is CC1(C)CC(O)(Cc2cccc(C(F)(F)F)c2)CCO1. The van der Waals surface area contributed by atoms with Gasteiger partial charge in [-0.25, -0.2) is 0 Å². The van der Waals surface area contributed by atoms with E-state index in [4.69, 9.17) is 4.74 Å². The molecule has 1 aromatic carbocycles. The summed E-state index contributed by atoms with van der Waals surface area (Å²) in [6.45, 7) is 4.18. The fourth-order valence-electron chi connectivity index (χ4n) is 2.84. The maximum absolute atomic E-state index is 12.7. The van der Waals surface area contributed by atoms with E-state index in [9.17, 15) is 18.3 Å². The summed E-state index contributed by atoms with van der Waals surface area (Å²) in [5.41, 5.74) is -1.63. The molecule has 1 aliphatic rings. The van der Waals surface area contributed by atoms with Crippen LogP contribution in [-0.2, 0) is 17.3 Å². The smallest absolute Gasteiger partial charge is 0.389 e. The van der Waals surface area contributed by atoms with E-state index in [0.29, 0.717) is 25.0 Å². The van der Waals surface area contributed by atoms with E-state index in [1.807, 2.05) is 13.8 Å². The molecule has 2 nitrogen and oxygen atoms in total. The number of benzene rings is 1. The summed E-state index contributed by atoms with van der Waals surface area (Å²) in [5, 5.41) is 10.6. The first-order chi connectivity index (χ1) is 9.10. The summed E-state index contributed by atoms with van der Waals surface area (Å²) in [5.74, 6) is 0. The first-order valence-electron chi connectivity index (χ1n) is 6.62. The van der Waals surface area contributed by atoms with Gasteiger partial charge in [-0.2, -0.15) is 13.2 Å². The highest BCUT2D eigenvalue weighted by Crippen LogP contribution is 2.35. The van der Waals surface area contributed by atoms with Crippen molar-refractivity contribution in [3.8, 4) is 0 Å². The average molecular weight is 288 g/mol. The first-order valence-corrected chi connectivity index (χ1v) is 6.62. The highest BCUT2D eigenvalue weighted by molar-refractivity contribution is 5.27. The van der Waals surface area contributed by atoms with Crippen LogP contribution in [0.15, 0.2) is 24.3 Å². The average Bonchev–Trinajstić information content (AvgIpc) is 2.25. The van der Waals surface area contributed by atoms with Crippen LogP contribution in [0.4, 0.5) is 13.2 Å². The van der Waals surface area contributed by atoms with Gasteiger partial charge in [0.1, 0.15) is 0 Å². The number of hydrogen-bond donors (Lipinski definition) is 1. The van der Waals surface area contributed by atoms with Crippen LogP contribution in [-0.4, -0.2) is 22.9 Å². The predicted octanol–water partition coefficient (Wildman–Crippen LogP) is 3.57. The molecule has 5 heteroatoms. The van der Waals surface area contributed by atoms with Crippen molar-refractivity contribution < 1.29 is 23.0 Å². The second-order valence-electron chi connectivity index (χ2n) is 6.13. The van der Waals surface area contributed by atoms with Gasteiger partial charge in [0.05, 0.1) is 23.4 Å². The van der Waals surface area contributed by atoms with Crippen LogP contribution in [0, 0.1) is 0 Å². The van der Waals surface area contributed by atoms with E-state index in [0.717, 1.165) is 12.1 Å². The number of aliphatic hydroxyl groups is 1. The van der Waals surface area contributed by atoms with E-state index in [-0.39, 0.29) is 6.42 Å². The second-order valence-corrected chi connectivity index (χ2v) is 6.13. The minimum absolute atomic E-state index is 0.212. The largest absolute Gasteiger partial charge is 0.416 e. The molecular weight excluding hydrogens is 269 g/mol. The molecular formula is C15H19F3O2. The molecule has 0 saturated carbocycles. The molecule has 1 aromatic rings. The van der Waals surface area contributed by atoms with Gasteiger partial charge < -0.3 is 9.84 Å². The lowest BCUT2D eigenvalue weighted by atomic mass is 9.80. The maximum atomic E-state index is 12.7. The van der Waals surface area contributed by atoms with Crippen LogP contribution in [0.2, 0.25) is 0 Å². The van der Waals surface area contributed by atoms with Gasteiger partial charge in [0.15, 0.2) is 0 Å². The second kappa shape index (κ2) is 5.04. The van der Waals surface area contributed by atoms with Crippen LogP contribution in [0.5, 0.6) is 0 Å². The molecule has 1 aliphatic heterocycles. The van der Waals surface area contributed by atoms with Crippen molar-refractivity contribution in [3.63, 3.8) is 0 Å². The van der Waals surface area contributed by atoms with Gasteiger partial charge in [-0.1, -0.05) is 18.2 Å². The van der Waals surface area contributed by atoms with Crippen molar-refractivity contribution in [2.75, 3.05) is 6.61 Å². The molecule has 1 fully saturated rings. The number of halogens is 3. The van der Waals surface area contributed by atoms with E-state index in [1.165, 1.54) is 6.07 Å². The molecule has 0 bridgehead atoms. The summed E-state index contributed by atoms with van der Waals surface area (Å²) in [7, 11) is 0. The molecule has 1 unspecified atom stereocenters. The van der Waals surface area contributed by atoms with Crippen molar-refractivity contribution in [1.29, 1.82) is 0 Å². The van der Waals surface area contributed by atoms with Gasteiger partial charge in [-0.05, 0) is 31.9 Å². The first kappa shape index (κ1) is 15.3. The third-order valence-corrected chi connectivity index (χ3v) is 3.60. The van der Waals surface area contributed by atoms with E-state index in [1.54, 1.807) is 6.07 Å². The minimum atomic E-state index is -4.35. The summed E-state index contributed by atoms with van der Waals surface area (Å²) in [6, 6.07) is 5.16. The van der Waals surface area contributed by atoms with Gasteiger partial charge in [0.25, 0.3) is 0 Å². The van der Waals surface area contributed by atoms with E-state index in [2.05, 4.69) is 0 Å². The molecule has 0 aromatic heterocycles. The van der Waals surface area contributed by atoms with Crippen molar-refractivity contribution in [2.45, 2.75) is 50.5 Å². The highest BCUT2D eigenvalue weighted by atomic mass is 19.4. The third-order valence-electron chi connectivity index (χ3n) is 3.60. The molecule has 2 rings (SSSR count). The fraction of sp³-hybridized carbons (Fsp3) is 0.600. The summed E-state index contributed by atoms with van der Waals surface area (Å²) < 4.78 is 43.6. The molecule has 1 N–H and O–H groups in total. The summed E-state index contributed by atoms with van der Waals surface area (Å²) in [4.78, 5) is 0. The van der Waals surface area contributed by atoms with Crippen LogP contribution in [0.3, 0.4) is 0 Å². The Kier molecular flexibility index (Phi) is 3.86. The Morgan fingerprint density at radius 1 is 1.30 bits per heavy atom. The number of hydrogen-bond acceptors (Lipinski definition) is 2. The Labute approximate surface area is 116 Å². The monoisotopic (exact) mass is 288 g/mol. The quantitative estimate of drug-likeness (QED) is 0.901. The zero-order valence-corrected chi connectivity index (χ0v) is 11.6. The molecule has 20 heavy (non-hydrogen) atoms. The lowest BCUT2D eigenvalue weighted by Gasteiger charge is -2.41. The summed E-state index contributed by atoms with van der Waals surface area (Å²) in [6.07, 6.45) is -3.29. The fourth-order valence-corrected chi connectivity index (χ4v) is 2.84. The molecule has 1 atom stereocenters. The number of rotatable bonds is 2. The van der Waals surface area contributed by atoms with Crippen LogP contribution < -0.4 is 0 Å².